The third-order valence-electron chi connectivity index (χ3n) is 4.27. The van der Waals surface area contributed by atoms with Crippen LogP contribution >= 0.6 is 0 Å². The summed E-state index contributed by atoms with van der Waals surface area (Å²) >= 11 is 0. The maximum atomic E-state index is 12.3. The van der Waals surface area contributed by atoms with Crippen LogP contribution < -0.4 is 14.8 Å². The number of hydrogen-bond acceptors (Lipinski definition) is 3. The lowest BCUT2D eigenvalue weighted by Gasteiger charge is -2.32. The number of aromatic nitrogens is 1. The van der Waals surface area contributed by atoms with Crippen LogP contribution in [0.25, 0.3) is 0 Å². The van der Waals surface area contributed by atoms with E-state index in [2.05, 4.69) is 16.0 Å². The van der Waals surface area contributed by atoms with Gasteiger partial charge in [-0.15, -0.1) is 0 Å². The second-order valence-corrected chi connectivity index (χ2v) is 5.65. The van der Waals surface area contributed by atoms with E-state index in [1.807, 2.05) is 23.2 Å². The number of H-pyrrole nitrogens is 1. The number of piperazine rings is 1. The van der Waals surface area contributed by atoms with Crippen molar-refractivity contribution in [3.63, 3.8) is 0 Å². The molecule has 1 aromatic rings. The van der Waals surface area contributed by atoms with Gasteiger partial charge >= 0.3 is 0 Å². The van der Waals surface area contributed by atoms with Crippen molar-refractivity contribution >= 4 is 11.7 Å². The van der Waals surface area contributed by atoms with Gasteiger partial charge in [0, 0.05) is 6.07 Å². The molecule has 0 aromatic carbocycles. The Morgan fingerprint density at radius 1 is 1.19 bits per heavy atom. The van der Waals surface area contributed by atoms with Crippen LogP contribution in [0.5, 0.6) is 0 Å². The quantitative estimate of drug-likeness (QED) is 0.706. The van der Waals surface area contributed by atoms with Crippen LogP contribution in [0.4, 0.5) is 5.82 Å². The highest BCUT2D eigenvalue weighted by Crippen LogP contribution is 2.09. The van der Waals surface area contributed by atoms with Crippen molar-refractivity contribution in [3.8, 4) is 0 Å². The van der Waals surface area contributed by atoms with Crippen LogP contribution in [0.1, 0.15) is 0 Å². The monoisotopic (exact) mass is 292 g/mol. The van der Waals surface area contributed by atoms with Gasteiger partial charge in [0.2, 0.25) is 0 Å². The highest BCUT2D eigenvalue weighted by Gasteiger charge is 2.28. The Balaban J connectivity index is 1.47. The zero-order valence-corrected chi connectivity index (χ0v) is 12.4. The van der Waals surface area contributed by atoms with Crippen molar-refractivity contribution in [2.75, 3.05) is 63.9 Å². The molecule has 2 aliphatic heterocycles. The van der Waals surface area contributed by atoms with Gasteiger partial charge in [-0.05, 0) is 6.07 Å². The van der Waals surface area contributed by atoms with Gasteiger partial charge in [-0.2, -0.15) is 0 Å². The lowest BCUT2D eigenvalue weighted by Crippen LogP contribution is -3.15. The highest BCUT2D eigenvalue weighted by atomic mass is 16.5. The molecule has 0 bridgehead atoms. The third kappa shape index (κ3) is 3.71. The molecule has 0 atom stereocenters. The van der Waals surface area contributed by atoms with E-state index in [4.69, 9.17) is 4.74 Å². The third-order valence-corrected chi connectivity index (χ3v) is 4.27. The van der Waals surface area contributed by atoms with Crippen molar-refractivity contribution in [2.24, 2.45) is 0 Å². The van der Waals surface area contributed by atoms with Gasteiger partial charge in [0.1, 0.15) is 26.2 Å². The first kappa shape index (κ1) is 14.3. The molecule has 3 rings (SSSR count). The fraction of sp³-hybridized carbons (Fsp3) is 0.600. The van der Waals surface area contributed by atoms with E-state index >= 15 is 0 Å². The molecule has 0 unspecified atom stereocenters. The lowest BCUT2D eigenvalue weighted by molar-refractivity contribution is -0.900. The standard InChI is InChI=1S/C15H22N4O2/c20-15(13-17-9-11-21-12-10-17)19-7-5-18(6-8-19)14-3-1-2-4-16-14/h1-4H,5-13H2/p+2. The summed E-state index contributed by atoms with van der Waals surface area (Å²) in [6, 6.07) is 6.09. The Kier molecular flexibility index (Phi) is 4.67. The Labute approximate surface area is 125 Å². The van der Waals surface area contributed by atoms with E-state index in [1.54, 1.807) is 0 Å². The number of quaternary nitrogens is 1. The molecule has 1 aromatic heterocycles. The molecule has 2 fully saturated rings. The number of carbonyl (C=O) groups excluding carboxylic acids is 1. The van der Waals surface area contributed by atoms with Crippen LogP contribution in [-0.4, -0.2) is 69.8 Å². The van der Waals surface area contributed by atoms with Crippen molar-refractivity contribution < 1.29 is 19.4 Å². The Morgan fingerprint density at radius 3 is 2.62 bits per heavy atom. The summed E-state index contributed by atoms with van der Waals surface area (Å²) in [6.07, 6.45) is 1.94. The topological polar surface area (TPSA) is 51.4 Å². The fourth-order valence-corrected chi connectivity index (χ4v) is 2.94. The van der Waals surface area contributed by atoms with Gasteiger partial charge < -0.3 is 14.5 Å². The normalized spacial score (nSPS) is 20.6. The van der Waals surface area contributed by atoms with Crippen LogP contribution in [0.3, 0.4) is 0 Å². The molecule has 1 amide bonds. The number of aromatic amines is 1. The first-order valence-electron chi connectivity index (χ1n) is 7.74. The molecule has 0 aliphatic carbocycles. The first-order chi connectivity index (χ1) is 10.3. The molecule has 2 aliphatic rings. The molecule has 0 radical (unpaired) electrons. The predicted molar refractivity (Wildman–Crippen MR) is 78.2 cm³/mol. The second-order valence-electron chi connectivity index (χ2n) is 5.65. The summed E-state index contributed by atoms with van der Waals surface area (Å²) < 4.78 is 5.33. The molecule has 114 valence electrons. The summed E-state index contributed by atoms with van der Waals surface area (Å²) in [5.74, 6) is 1.41. The summed E-state index contributed by atoms with van der Waals surface area (Å²) in [5, 5.41) is 0. The smallest absolute Gasteiger partial charge is 0.278 e. The molecule has 2 N–H and O–H groups in total. The van der Waals surface area contributed by atoms with Gasteiger partial charge in [0.15, 0.2) is 6.54 Å². The Bertz CT molecular complexity index is 454. The van der Waals surface area contributed by atoms with Gasteiger partial charge in [-0.1, -0.05) is 6.07 Å². The number of ether oxygens (including phenoxy) is 1. The van der Waals surface area contributed by atoms with E-state index in [1.165, 1.54) is 4.90 Å². The molecule has 3 heterocycles. The molecule has 0 saturated carbocycles. The molecule has 6 nitrogen and oxygen atoms in total. The maximum Gasteiger partial charge on any atom is 0.278 e. The minimum atomic E-state index is 0.281. The molecule has 21 heavy (non-hydrogen) atoms. The maximum absolute atomic E-state index is 12.3. The zero-order valence-electron chi connectivity index (χ0n) is 12.4. The van der Waals surface area contributed by atoms with Gasteiger partial charge in [-0.3, -0.25) is 9.69 Å². The number of anilines is 1. The van der Waals surface area contributed by atoms with Crippen molar-refractivity contribution in [1.82, 2.24) is 4.90 Å². The summed E-state index contributed by atoms with van der Waals surface area (Å²) in [7, 11) is 0. The van der Waals surface area contributed by atoms with E-state index in [-0.39, 0.29) is 5.91 Å². The van der Waals surface area contributed by atoms with Crippen LogP contribution in [-0.2, 0) is 9.53 Å². The summed E-state index contributed by atoms with van der Waals surface area (Å²) in [6.45, 7) is 7.47. The van der Waals surface area contributed by atoms with E-state index in [9.17, 15) is 4.79 Å². The minimum absolute atomic E-state index is 0.281. The molecular weight excluding hydrogens is 268 g/mol. The van der Waals surface area contributed by atoms with E-state index in [0.717, 1.165) is 58.3 Å². The Hall–Kier alpha value is -1.66. The molecule has 0 spiro atoms. The number of hydrogen-bond donors (Lipinski definition) is 1. The molecular formula is C15H24N4O2+2. The summed E-state index contributed by atoms with van der Waals surface area (Å²) in [4.78, 5) is 21.3. The van der Waals surface area contributed by atoms with E-state index in [0.29, 0.717) is 6.54 Å². The molecule has 6 heteroatoms. The van der Waals surface area contributed by atoms with Crippen LogP contribution in [0.15, 0.2) is 24.4 Å². The number of pyridine rings is 1. The van der Waals surface area contributed by atoms with Gasteiger partial charge in [0.25, 0.3) is 11.7 Å². The number of nitrogens with zero attached hydrogens (tertiary/aromatic N) is 2. The highest BCUT2D eigenvalue weighted by molar-refractivity contribution is 5.77. The number of rotatable bonds is 3. The van der Waals surface area contributed by atoms with E-state index < -0.39 is 0 Å². The predicted octanol–water partition coefficient (Wildman–Crippen LogP) is -1.94. The number of carbonyl (C=O) groups is 1. The van der Waals surface area contributed by atoms with Crippen LogP contribution in [0.2, 0.25) is 0 Å². The summed E-state index contributed by atoms with van der Waals surface area (Å²) in [5.41, 5.74) is 0. The zero-order chi connectivity index (χ0) is 14.5. The largest absolute Gasteiger partial charge is 0.370 e. The lowest BCUT2D eigenvalue weighted by atomic mass is 10.3. The minimum Gasteiger partial charge on any atom is -0.370 e. The SMILES string of the molecule is O=C(C[NH+]1CCOCC1)N1CCN(c2cccc[nH+]2)CC1. The average Bonchev–Trinajstić information content (AvgIpc) is 2.57. The van der Waals surface area contributed by atoms with Crippen molar-refractivity contribution in [2.45, 2.75) is 0 Å². The van der Waals surface area contributed by atoms with Gasteiger partial charge in [-0.25, -0.2) is 4.98 Å². The van der Waals surface area contributed by atoms with Crippen molar-refractivity contribution in [1.29, 1.82) is 0 Å². The fourth-order valence-electron chi connectivity index (χ4n) is 2.94. The first-order valence-corrected chi connectivity index (χ1v) is 7.74. The Morgan fingerprint density at radius 2 is 1.95 bits per heavy atom. The number of morpholine rings is 1. The van der Waals surface area contributed by atoms with Crippen LogP contribution in [0, 0.1) is 0 Å². The second kappa shape index (κ2) is 6.87. The number of nitrogens with one attached hydrogen (secondary N) is 2. The van der Waals surface area contributed by atoms with Gasteiger partial charge in [0.05, 0.1) is 32.5 Å². The average molecular weight is 292 g/mol. The molecule has 2 saturated heterocycles. The number of amides is 1. The van der Waals surface area contributed by atoms with Crippen molar-refractivity contribution in [3.05, 3.63) is 24.4 Å².